The largest absolute Gasteiger partial charge is 0.356 e. The van der Waals surface area contributed by atoms with Gasteiger partial charge in [-0.1, -0.05) is 6.92 Å². The number of hydrogen-bond acceptors (Lipinski definition) is 3. The van der Waals surface area contributed by atoms with Gasteiger partial charge in [0.1, 0.15) is 0 Å². The number of halogens is 1. The van der Waals surface area contributed by atoms with Crippen molar-refractivity contribution in [3.63, 3.8) is 0 Å². The van der Waals surface area contributed by atoms with Crippen molar-refractivity contribution in [3.05, 3.63) is 0 Å². The zero-order valence-electron chi connectivity index (χ0n) is 12.7. The van der Waals surface area contributed by atoms with E-state index in [-0.39, 0.29) is 24.2 Å². The van der Waals surface area contributed by atoms with Crippen molar-refractivity contribution >= 4 is 18.3 Å². The standard InChI is InChI=1S/C15H29N3O.ClH/c1-2-7-17-15(19)14-5-10-18(11-6-14)12-13-3-8-16-9-4-13;/h13-14,16H,2-12H2,1H3,(H,17,19);1H. The molecule has 118 valence electrons. The molecule has 20 heavy (non-hydrogen) atoms. The van der Waals surface area contributed by atoms with Crippen molar-refractivity contribution in [3.8, 4) is 0 Å². The molecule has 2 aliphatic heterocycles. The number of nitrogens with one attached hydrogen (secondary N) is 2. The molecule has 1 amide bonds. The lowest BCUT2D eigenvalue weighted by atomic mass is 9.93. The summed E-state index contributed by atoms with van der Waals surface area (Å²) in [5.41, 5.74) is 0. The molecule has 0 bridgehead atoms. The van der Waals surface area contributed by atoms with Gasteiger partial charge in [-0.2, -0.15) is 0 Å². The van der Waals surface area contributed by atoms with E-state index in [2.05, 4.69) is 22.5 Å². The van der Waals surface area contributed by atoms with Crippen LogP contribution in [0.15, 0.2) is 0 Å². The summed E-state index contributed by atoms with van der Waals surface area (Å²) in [6.07, 6.45) is 5.75. The van der Waals surface area contributed by atoms with Crippen LogP contribution in [0.3, 0.4) is 0 Å². The van der Waals surface area contributed by atoms with Crippen molar-refractivity contribution < 1.29 is 4.79 Å². The highest BCUT2D eigenvalue weighted by molar-refractivity contribution is 5.85. The monoisotopic (exact) mass is 303 g/mol. The minimum absolute atomic E-state index is 0. The van der Waals surface area contributed by atoms with Gasteiger partial charge < -0.3 is 15.5 Å². The lowest BCUT2D eigenvalue weighted by Crippen LogP contribution is -2.43. The number of nitrogens with zero attached hydrogens (tertiary/aromatic N) is 1. The summed E-state index contributed by atoms with van der Waals surface area (Å²) in [6, 6.07) is 0. The fourth-order valence-electron chi connectivity index (χ4n) is 3.20. The minimum Gasteiger partial charge on any atom is -0.356 e. The predicted molar refractivity (Wildman–Crippen MR) is 85.3 cm³/mol. The summed E-state index contributed by atoms with van der Waals surface area (Å²) in [7, 11) is 0. The van der Waals surface area contributed by atoms with Gasteiger partial charge in [0.2, 0.25) is 5.91 Å². The first-order valence-electron chi connectivity index (χ1n) is 8.00. The second kappa shape index (κ2) is 9.59. The number of piperidine rings is 2. The Bertz CT molecular complexity index is 274. The van der Waals surface area contributed by atoms with E-state index in [1.165, 1.54) is 32.5 Å². The molecule has 2 rings (SSSR count). The third kappa shape index (κ3) is 5.58. The van der Waals surface area contributed by atoms with Gasteiger partial charge in [0.05, 0.1) is 0 Å². The Balaban J connectivity index is 0.00000200. The third-order valence-electron chi connectivity index (χ3n) is 4.48. The molecule has 2 aliphatic rings. The van der Waals surface area contributed by atoms with Crippen LogP contribution in [0.4, 0.5) is 0 Å². The van der Waals surface area contributed by atoms with Crippen LogP contribution >= 0.6 is 12.4 Å². The highest BCUT2D eigenvalue weighted by atomic mass is 35.5. The van der Waals surface area contributed by atoms with Crippen LogP contribution < -0.4 is 10.6 Å². The number of hydrogen-bond donors (Lipinski definition) is 2. The van der Waals surface area contributed by atoms with Crippen LogP contribution in [0.1, 0.15) is 39.0 Å². The summed E-state index contributed by atoms with van der Waals surface area (Å²) in [6.45, 7) is 8.74. The van der Waals surface area contributed by atoms with Gasteiger partial charge in [-0.25, -0.2) is 0 Å². The molecule has 0 aliphatic carbocycles. The van der Waals surface area contributed by atoms with E-state index in [1.54, 1.807) is 0 Å². The molecule has 0 unspecified atom stereocenters. The maximum Gasteiger partial charge on any atom is 0.223 e. The topological polar surface area (TPSA) is 44.4 Å². The molecule has 0 aromatic rings. The van der Waals surface area contributed by atoms with Crippen LogP contribution in [0.25, 0.3) is 0 Å². The zero-order chi connectivity index (χ0) is 13.5. The quantitative estimate of drug-likeness (QED) is 0.812. The Labute approximate surface area is 129 Å². The number of amides is 1. The number of carbonyl (C=O) groups excluding carboxylic acids is 1. The molecule has 0 atom stereocenters. The summed E-state index contributed by atoms with van der Waals surface area (Å²) >= 11 is 0. The van der Waals surface area contributed by atoms with E-state index in [4.69, 9.17) is 0 Å². The molecular weight excluding hydrogens is 274 g/mol. The normalized spacial score (nSPS) is 22.2. The molecule has 0 radical (unpaired) electrons. The fourth-order valence-corrected chi connectivity index (χ4v) is 3.20. The second-order valence-electron chi connectivity index (χ2n) is 6.06. The van der Waals surface area contributed by atoms with Crippen LogP contribution in [-0.2, 0) is 4.79 Å². The SMILES string of the molecule is CCCNC(=O)C1CCN(CC2CCNCC2)CC1.Cl. The van der Waals surface area contributed by atoms with Gasteiger partial charge in [0, 0.05) is 19.0 Å². The summed E-state index contributed by atoms with van der Waals surface area (Å²) < 4.78 is 0. The lowest BCUT2D eigenvalue weighted by Gasteiger charge is -2.35. The number of likely N-dealkylation sites (tertiary alicyclic amines) is 1. The Morgan fingerprint density at radius 3 is 2.45 bits per heavy atom. The number of carbonyl (C=O) groups is 1. The maximum atomic E-state index is 11.9. The first kappa shape index (κ1) is 17.7. The van der Waals surface area contributed by atoms with Gasteiger partial charge in [-0.3, -0.25) is 4.79 Å². The van der Waals surface area contributed by atoms with E-state index in [0.717, 1.165) is 44.8 Å². The van der Waals surface area contributed by atoms with E-state index < -0.39 is 0 Å². The van der Waals surface area contributed by atoms with E-state index >= 15 is 0 Å². The molecular formula is C15H30ClN3O. The van der Waals surface area contributed by atoms with Crippen LogP contribution in [-0.4, -0.2) is 50.1 Å². The Hall–Kier alpha value is -0.320. The van der Waals surface area contributed by atoms with Crippen molar-refractivity contribution in [2.24, 2.45) is 11.8 Å². The van der Waals surface area contributed by atoms with E-state index in [0.29, 0.717) is 0 Å². The molecule has 2 fully saturated rings. The van der Waals surface area contributed by atoms with Crippen molar-refractivity contribution in [1.29, 1.82) is 0 Å². The first-order chi connectivity index (χ1) is 9.29. The van der Waals surface area contributed by atoms with E-state index in [1.807, 2.05) is 0 Å². The first-order valence-corrected chi connectivity index (χ1v) is 8.00. The van der Waals surface area contributed by atoms with Gasteiger partial charge in [0.15, 0.2) is 0 Å². The molecule has 0 aromatic heterocycles. The average molecular weight is 304 g/mol. The van der Waals surface area contributed by atoms with Gasteiger partial charge in [0.25, 0.3) is 0 Å². The van der Waals surface area contributed by atoms with Crippen molar-refractivity contribution in [2.75, 3.05) is 39.3 Å². The molecule has 0 saturated carbocycles. The molecule has 2 N–H and O–H groups in total. The van der Waals surface area contributed by atoms with Gasteiger partial charge in [-0.05, 0) is 64.2 Å². The van der Waals surface area contributed by atoms with Crippen LogP contribution in [0.2, 0.25) is 0 Å². The maximum absolute atomic E-state index is 11.9. The molecule has 2 saturated heterocycles. The molecule has 4 nitrogen and oxygen atoms in total. The zero-order valence-corrected chi connectivity index (χ0v) is 13.5. The number of rotatable bonds is 5. The smallest absolute Gasteiger partial charge is 0.223 e. The molecule has 5 heteroatoms. The van der Waals surface area contributed by atoms with E-state index in [9.17, 15) is 4.79 Å². The molecule has 2 heterocycles. The Morgan fingerprint density at radius 2 is 1.85 bits per heavy atom. The average Bonchev–Trinajstić information content (AvgIpc) is 2.46. The highest BCUT2D eigenvalue weighted by Gasteiger charge is 2.26. The molecule has 0 spiro atoms. The second-order valence-corrected chi connectivity index (χ2v) is 6.06. The van der Waals surface area contributed by atoms with Gasteiger partial charge >= 0.3 is 0 Å². The Morgan fingerprint density at radius 1 is 1.20 bits per heavy atom. The highest BCUT2D eigenvalue weighted by Crippen LogP contribution is 2.20. The third-order valence-corrected chi connectivity index (χ3v) is 4.48. The minimum atomic E-state index is 0. The van der Waals surface area contributed by atoms with Crippen molar-refractivity contribution in [2.45, 2.75) is 39.0 Å². The molecule has 0 aromatic carbocycles. The van der Waals surface area contributed by atoms with Gasteiger partial charge in [-0.15, -0.1) is 12.4 Å². The summed E-state index contributed by atoms with van der Waals surface area (Å²) in [5, 5.41) is 6.45. The summed E-state index contributed by atoms with van der Waals surface area (Å²) in [5.74, 6) is 1.41. The summed E-state index contributed by atoms with van der Waals surface area (Å²) in [4.78, 5) is 14.5. The van der Waals surface area contributed by atoms with Crippen LogP contribution in [0.5, 0.6) is 0 Å². The predicted octanol–water partition coefficient (Wildman–Crippen LogP) is 1.65. The van der Waals surface area contributed by atoms with Crippen LogP contribution in [0, 0.1) is 11.8 Å². The Kier molecular flexibility index (Phi) is 8.50. The fraction of sp³-hybridized carbons (Fsp3) is 0.933. The van der Waals surface area contributed by atoms with Crippen molar-refractivity contribution in [1.82, 2.24) is 15.5 Å². The lowest BCUT2D eigenvalue weighted by molar-refractivity contribution is -0.126.